The van der Waals surface area contributed by atoms with Gasteiger partial charge in [-0.3, -0.25) is 4.79 Å². The number of anilines is 4. The number of pyridine rings is 2. The normalized spacial score (nSPS) is 13.5. The number of hydrogen-bond donors (Lipinski definition) is 1. The molecule has 0 atom stereocenters. The lowest BCUT2D eigenvalue weighted by Gasteiger charge is -2.29. The Morgan fingerprint density at radius 1 is 1.07 bits per heavy atom. The summed E-state index contributed by atoms with van der Waals surface area (Å²) in [4.78, 5) is 37.0. The SMILES string of the molecule is CCOC(=O)c1cnc(N(Cc2ccc(OC)cc2)c2ccc(N3CCOCC3)nc2)cc1NC(=O)C(F)(F)F. The summed E-state index contributed by atoms with van der Waals surface area (Å²) < 4.78 is 54.9. The number of carbonyl (C=O) groups excluding carboxylic acids is 2. The molecule has 0 aliphatic carbocycles. The fourth-order valence-electron chi connectivity index (χ4n) is 4.00. The van der Waals surface area contributed by atoms with E-state index in [0.29, 0.717) is 37.7 Å². The zero-order valence-corrected chi connectivity index (χ0v) is 21.9. The minimum Gasteiger partial charge on any atom is -0.497 e. The second kappa shape index (κ2) is 12.6. The van der Waals surface area contributed by atoms with Gasteiger partial charge in [0.2, 0.25) is 0 Å². The molecule has 40 heavy (non-hydrogen) atoms. The van der Waals surface area contributed by atoms with Crippen LogP contribution in [0.4, 0.5) is 36.2 Å². The molecule has 1 aliphatic heterocycles. The van der Waals surface area contributed by atoms with E-state index in [0.717, 1.165) is 17.6 Å². The summed E-state index contributed by atoms with van der Waals surface area (Å²) in [7, 11) is 1.55. The van der Waals surface area contributed by atoms with Crippen molar-refractivity contribution >= 4 is 34.9 Å². The molecule has 0 unspecified atom stereocenters. The molecule has 1 aliphatic rings. The number of amides is 1. The van der Waals surface area contributed by atoms with Crippen molar-refractivity contribution in [2.75, 3.05) is 55.1 Å². The van der Waals surface area contributed by atoms with E-state index in [4.69, 9.17) is 14.2 Å². The van der Waals surface area contributed by atoms with E-state index in [2.05, 4.69) is 14.9 Å². The summed E-state index contributed by atoms with van der Waals surface area (Å²) >= 11 is 0. The monoisotopic (exact) mass is 559 g/mol. The van der Waals surface area contributed by atoms with Crippen LogP contribution in [0.25, 0.3) is 0 Å². The summed E-state index contributed by atoms with van der Waals surface area (Å²) in [6.45, 7) is 4.35. The summed E-state index contributed by atoms with van der Waals surface area (Å²) in [5, 5.41) is 1.79. The van der Waals surface area contributed by atoms with Crippen LogP contribution in [0.15, 0.2) is 54.9 Å². The molecular formula is C27H28F3N5O5. The lowest BCUT2D eigenvalue weighted by Crippen LogP contribution is -2.36. The van der Waals surface area contributed by atoms with Gasteiger partial charge in [-0.05, 0) is 36.8 Å². The smallest absolute Gasteiger partial charge is 0.471 e. The van der Waals surface area contributed by atoms with Crippen molar-refractivity contribution < 1.29 is 37.0 Å². The molecule has 212 valence electrons. The maximum atomic E-state index is 13.1. The van der Waals surface area contributed by atoms with Gasteiger partial charge in [0, 0.05) is 31.9 Å². The molecule has 3 aromatic rings. The first-order chi connectivity index (χ1) is 19.2. The Bertz CT molecular complexity index is 1310. The maximum Gasteiger partial charge on any atom is 0.471 e. The highest BCUT2D eigenvalue weighted by molar-refractivity contribution is 6.03. The number of methoxy groups -OCH3 is 1. The molecule has 0 radical (unpaired) electrons. The molecule has 3 heterocycles. The predicted molar refractivity (Wildman–Crippen MR) is 141 cm³/mol. The Hall–Kier alpha value is -4.39. The number of morpholine rings is 1. The number of rotatable bonds is 9. The Balaban J connectivity index is 1.74. The van der Waals surface area contributed by atoms with Crippen LogP contribution in [0.2, 0.25) is 0 Å². The minimum atomic E-state index is -5.17. The van der Waals surface area contributed by atoms with Crippen molar-refractivity contribution in [1.29, 1.82) is 0 Å². The summed E-state index contributed by atoms with van der Waals surface area (Å²) in [5.41, 5.74) is 0.712. The molecule has 1 fully saturated rings. The number of alkyl halides is 3. The molecule has 13 heteroatoms. The van der Waals surface area contributed by atoms with E-state index in [-0.39, 0.29) is 30.2 Å². The third-order valence-corrected chi connectivity index (χ3v) is 6.05. The highest BCUT2D eigenvalue weighted by atomic mass is 19.4. The van der Waals surface area contributed by atoms with Crippen molar-refractivity contribution in [3.8, 4) is 5.75 Å². The van der Waals surface area contributed by atoms with Crippen molar-refractivity contribution in [2.45, 2.75) is 19.6 Å². The molecule has 0 bridgehead atoms. The highest BCUT2D eigenvalue weighted by Gasteiger charge is 2.39. The molecule has 10 nitrogen and oxygen atoms in total. The first-order valence-corrected chi connectivity index (χ1v) is 12.4. The van der Waals surface area contributed by atoms with Gasteiger partial charge < -0.3 is 29.3 Å². The Morgan fingerprint density at radius 2 is 1.80 bits per heavy atom. The molecule has 0 spiro atoms. The fourth-order valence-corrected chi connectivity index (χ4v) is 4.00. The van der Waals surface area contributed by atoms with Crippen LogP contribution < -0.4 is 19.9 Å². The number of carbonyl (C=O) groups is 2. The predicted octanol–water partition coefficient (Wildman–Crippen LogP) is 4.34. The molecule has 0 saturated carbocycles. The first kappa shape index (κ1) is 28.6. The van der Waals surface area contributed by atoms with Gasteiger partial charge in [0.05, 0.1) is 44.5 Å². The third kappa shape index (κ3) is 6.97. The minimum absolute atomic E-state index is 0.0159. The lowest BCUT2D eigenvalue weighted by atomic mass is 10.1. The number of halogens is 3. The summed E-state index contributed by atoms with van der Waals surface area (Å²) in [6, 6.07) is 12.1. The van der Waals surface area contributed by atoms with Crippen LogP contribution in [0.3, 0.4) is 0 Å². The third-order valence-electron chi connectivity index (χ3n) is 6.05. The van der Waals surface area contributed by atoms with Gasteiger partial charge in [-0.1, -0.05) is 12.1 Å². The van der Waals surface area contributed by atoms with E-state index in [1.54, 1.807) is 42.6 Å². The molecule has 2 aromatic heterocycles. The van der Waals surface area contributed by atoms with E-state index in [1.807, 2.05) is 24.3 Å². The van der Waals surface area contributed by atoms with E-state index in [1.165, 1.54) is 6.07 Å². The van der Waals surface area contributed by atoms with Crippen molar-refractivity contribution in [3.63, 3.8) is 0 Å². The molecule has 1 amide bonds. The second-order valence-electron chi connectivity index (χ2n) is 8.67. The quantitative estimate of drug-likeness (QED) is 0.383. The Morgan fingerprint density at radius 3 is 2.40 bits per heavy atom. The number of hydrogen-bond acceptors (Lipinski definition) is 9. The molecule has 1 aromatic carbocycles. The zero-order valence-electron chi connectivity index (χ0n) is 21.9. The zero-order chi connectivity index (χ0) is 28.7. The molecule has 4 rings (SSSR count). The molecule has 1 saturated heterocycles. The van der Waals surface area contributed by atoms with Gasteiger partial charge in [-0.25, -0.2) is 14.8 Å². The van der Waals surface area contributed by atoms with Crippen molar-refractivity contribution in [3.05, 3.63) is 66.0 Å². The topological polar surface area (TPSA) is 106 Å². The standard InChI is InChI=1S/C27H28F3N5O5/c1-3-40-25(36)21-16-32-24(14-22(21)33-26(37)27(28,29)30)35(17-18-4-7-20(38-2)8-5-18)19-6-9-23(31-15-19)34-10-12-39-13-11-34/h4-9,14-16H,3,10-13,17H2,1-2H3,(H,32,33,37). The van der Waals surface area contributed by atoms with Crippen LogP contribution in [-0.2, 0) is 20.8 Å². The maximum absolute atomic E-state index is 13.1. The summed E-state index contributed by atoms with van der Waals surface area (Å²) in [5.74, 6) is -1.57. The van der Waals surface area contributed by atoms with Crippen LogP contribution >= 0.6 is 0 Å². The molecular weight excluding hydrogens is 531 g/mol. The van der Waals surface area contributed by atoms with Crippen LogP contribution in [0, 0.1) is 0 Å². The average molecular weight is 560 g/mol. The molecule has 1 N–H and O–H groups in total. The number of esters is 1. The first-order valence-electron chi connectivity index (χ1n) is 12.4. The second-order valence-corrected chi connectivity index (χ2v) is 8.67. The Kier molecular flexibility index (Phi) is 9.04. The lowest BCUT2D eigenvalue weighted by molar-refractivity contribution is -0.167. The van der Waals surface area contributed by atoms with Crippen molar-refractivity contribution in [2.24, 2.45) is 0 Å². The number of ether oxygens (including phenoxy) is 3. The van der Waals surface area contributed by atoms with E-state index in [9.17, 15) is 22.8 Å². The summed E-state index contributed by atoms with van der Waals surface area (Å²) in [6.07, 6.45) is -2.46. The van der Waals surface area contributed by atoms with Gasteiger partial charge in [-0.15, -0.1) is 0 Å². The average Bonchev–Trinajstić information content (AvgIpc) is 2.96. The van der Waals surface area contributed by atoms with Crippen LogP contribution in [0.1, 0.15) is 22.8 Å². The highest BCUT2D eigenvalue weighted by Crippen LogP contribution is 2.31. The van der Waals surface area contributed by atoms with Crippen LogP contribution in [-0.4, -0.2) is 68.0 Å². The van der Waals surface area contributed by atoms with Gasteiger partial charge in [0.15, 0.2) is 0 Å². The number of aromatic nitrogens is 2. The number of nitrogens with one attached hydrogen (secondary N) is 1. The van der Waals surface area contributed by atoms with E-state index < -0.39 is 18.1 Å². The van der Waals surface area contributed by atoms with Crippen LogP contribution in [0.5, 0.6) is 5.75 Å². The Labute approximate surface area is 228 Å². The van der Waals surface area contributed by atoms with Gasteiger partial charge in [0.1, 0.15) is 22.9 Å². The van der Waals surface area contributed by atoms with Gasteiger partial charge in [-0.2, -0.15) is 13.2 Å². The largest absolute Gasteiger partial charge is 0.497 e. The van der Waals surface area contributed by atoms with Gasteiger partial charge >= 0.3 is 18.1 Å². The van der Waals surface area contributed by atoms with Crippen molar-refractivity contribution in [1.82, 2.24) is 9.97 Å². The fraction of sp³-hybridized carbons (Fsp3) is 0.333. The van der Waals surface area contributed by atoms with Gasteiger partial charge in [0.25, 0.3) is 0 Å². The van der Waals surface area contributed by atoms with E-state index >= 15 is 0 Å². The number of nitrogens with zero attached hydrogens (tertiary/aromatic N) is 4. The number of benzene rings is 1.